The summed E-state index contributed by atoms with van der Waals surface area (Å²) in [7, 11) is 1.64. The van der Waals surface area contributed by atoms with Crippen LogP contribution in [0.15, 0.2) is 24.3 Å². The van der Waals surface area contributed by atoms with E-state index >= 15 is 0 Å². The summed E-state index contributed by atoms with van der Waals surface area (Å²) in [6, 6.07) is 7.66. The minimum Gasteiger partial charge on any atom is -0.466 e. The van der Waals surface area contributed by atoms with E-state index in [9.17, 15) is 14.4 Å². The Labute approximate surface area is 207 Å². The molecule has 1 unspecified atom stereocenters. The maximum absolute atomic E-state index is 13.0. The average Bonchev–Trinajstić information content (AvgIpc) is 2.78. The zero-order chi connectivity index (χ0) is 25.6. The Morgan fingerprint density at radius 3 is 2.32 bits per heavy atom. The van der Waals surface area contributed by atoms with E-state index in [4.69, 9.17) is 14.2 Å². The van der Waals surface area contributed by atoms with Crippen molar-refractivity contribution >= 4 is 29.6 Å². The van der Waals surface area contributed by atoms with Gasteiger partial charge in [0.05, 0.1) is 37.6 Å². The van der Waals surface area contributed by atoms with Crippen LogP contribution >= 0.6 is 11.8 Å². The Hall–Kier alpha value is -2.10. The fourth-order valence-corrected chi connectivity index (χ4v) is 4.26. The van der Waals surface area contributed by atoms with Gasteiger partial charge in [-0.1, -0.05) is 38.1 Å². The van der Waals surface area contributed by atoms with Gasteiger partial charge in [0.1, 0.15) is 0 Å². The Balaban J connectivity index is 2.84. The molecule has 0 saturated carbocycles. The van der Waals surface area contributed by atoms with E-state index in [1.54, 1.807) is 20.9 Å². The van der Waals surface area contributed by atoms with Crippen molar-refractivity contribution in [2.75, 3.05) is 45.0 Å². The van der Waals surface area contributed by atoms with Crippen LogP contribution in [0.4, 0.5) is 0 Å². The van der Waals surface area contributed by atoms with Crippen LogP contribution < -0.4 is 10.9 Å². The lowest BCUT2D eigenvalue weighted by atomic mass is 9.81. The van der Waals surface area contributed by atoms with Gasteiger partial charge >= 0.3 is 11.9 Å². The largest absolute Gasteiger partial charge is 0.466 e. The maximum Gasteiger partial charge on any atom is 0.315 e. The summed E-state index contributed by atoms with van der Waals surface area (Å²) in [6.45, 7) is 10.9. The quantitative estimate of drug-likeness (QED) is 0.266. The van der Waals surface area contributed by atoms with Crippen LogP contribution in [0.2, 0.25) is 0 Å². The van der Waals surface area contributed by atoms with Crippen LogP contribution in [-0.2, 0) is 40.4 Å². The van der Waals surface area contributed by atoms with Gasteiger partial charge in [0.25, 0.3) is 0 Å². The number of carbonyl (C=O) groups excluding carboxylic acids is 3. The highest BCUT2D eigenvalue weighted by molar-refractivity contribution is 7.99. The van der Waals surface area contributed by atoms with E-state index in [2.05, 4.69) is 24.7 Å². The first-order valence-corrected chi connectivity index (χ1v) is 12.8. The lowest BCUT2D eigenvalue weighted by Crippen LogP contribution is -2.50. The molecular formula is C25H40N2O6S. The molecule has 1 amide bonds. The normalized spacial score (nSPS) is 13.1. The molecule has 1 rings (SSSR count). The average molecular weight is 497 g/mol. The van der Waals surface area contributed by atoms with Gasteiger partial charge in [-0.05, 0) is 43.7 Å². The number of nitrogens with one attached hydrogen (secondary N) is 2. The summed E-state index contributed by atoms with van der Waals surface area (Å²) in [4.78, 5) is 36.3. The van der Waals surface area contributed by atoms with Crippen molar-refractivity contribution in [1.29, 1.82) is 0 Å². The molecule has 8 nitrogen and oxygen atoms in total. The van der Waals surface area contributed by atoms with Crippen LogP contribution in [0.1, 0.15) is 52.2 Å². The molecule has 1 aromatic rings. The third-order valence-electron chi connectivity index (χ3n) is 5.13. The van der Waals surface area contributed by atoms with E-state index < -0.39 is 5.41 Å². The SMILES string of the molecule is CCOC(=O)CCc1cccc(C(C)(COCC(C)(C)CSCC(=O)OCC)C(=O)NNC)c1. The third kappa shape index (κ3) is 10.4. The number of hydrogen-bond donors (Lipinski definition) is 2. The summed E-state index contributed by atoms with van der Waals surface area (Å²) < 4.78 is 16.0. The molecule has 0 bridgehead atoms. The molecule has 0 saturated heterocycles. The molecule has 2 N–H and O–H groups in total. The monoisotopic (exact) mass is 496 g/mol. The molecular weight excluding hydrogens is 456 g/mol. The van der Waals surface area contributed by atoms with Crippen molar-refractivity contribution in [3.8, 4) is 0 Å². The first kappa shape index (κ1) is 29.9. The highest BCUT2D eigenvalue weighted by Crippen LogP contribution is 2.28. The zero-order valence-corrected chi connectivity index (χ0v) is 22.1. The molecule has 0 fully saturated rings. The number of esters is 2. The molecule has 0 aliphatic rings. The van der Waals surface area contributed by atoms with E-state index in [-0.39, 0.29) is 36.3 Å². The predicted molar refractivity (Wildman–Crippen MR) is 135 cm³/mol. The fraction of sp³-hybridized carbons (Fsp3) is 0.640. The Morgan fingerprint density at radius 2 is 1.68 bits per heavy atom. The van der Waals surface area contributed by atoms with Gasteiger partial charge in [0.2, 0.25) is 5.91 Å². The van der Waals surface area contributed by atoms with Crippen LogP contribution in [0.5, 0.6) is 0 Å². The molecule has 0 aromatic heterocycles. The molecule has 1 aromatic carbocycles. The number of carbonyl (C=O) groups is 3. The number of aryl methyl sites for hydroxylation is 1. The lowest BCUT2D eigenvalue weighted by molar-refractivity contribution is -0.143. The number of ether oxygens (including phenoxy) is 3. The Morgan fingerprint density at radius 1 is 1.00 bits per heavy atom. The number of hydrogen-bond acceptors (Lipinski definition) is 8. The van der Waals surface area contributed by atoms with Crippen molar-refractivity contribution in [2.45, 2.75) is 52.9 Å². The van der Waals surface area contributed by atoms with Crippen LogP contribution in [-0.4, -0.2) is 62.8 Å². The van der Waals surface area contributed by atoms with E-state index in [1.807, 2.05) is 31.2 Å². The predicted octanol–water partition coefficient (Wildman–Crippen LogP) is 3.03. The minimum absolute atomic E-state index is 0.174. The molecule has 0 radical (unpaired) electrons. The van der Waals surface area contributed by atoms with Gasteiger partial charge in [-0.2, -0.15) is 0 Å². The zero-order valence-electron chi connectivity index (χ0n) is 21.3. The molecule has 192 valence electrons. The highest BCUT2D eigenvalue weighted by Gasteiger charge is 2.36. The molecule has 0 spiro atoms. The summed E-state index contributed by atoms with van der Waals surface area (Å²) in [6.07, 6.45) is 0.812. The van der Waals surface area contributed by atoms with E-state index in [0.717, 1.165) is 11.1 Å². The molecule has 0 aliphatic heterocycles. The summed E-state index contributed by atoms with van der Waals surface area (Å²) in [5.74, 6) is 0.345. The molecule has 34 heavy (non-hydrogen) atoms. The maximum atomic E-state index is 13.0. The second kappa shape index (κ2) is 15.0. The number of benzene rings is 1. The van der Waals surface area contributed by atoms with Crippen molar-refractivity contribution in [1.82, 2.24) is 10.9 Å². The second-order valence-electron chi connectivity index (χ2n) is 9.00. The number of rotatable bonds is 16. The Kier molecular flexibility index (Phi) is 13.2. The standard InChI is InChI=1S/C25H40N2O6S/c1-7-32-21(28)13-12-19-10-9-11-20(14-19)25(5,23(30)27-26-6)17-31-16-24(3,4)18-34-15-22(29)33-8-2/h9-11,14,26H,7-8,12-13,15-18H2,1-6H3,(H,27,30). The summed E-state index contributed by atoms with van der Waals surface area (Å²) in [5.41, 5.74) is 5.99. The second-order valence-corrected chi connectivity index (χ2v) is 9.98. The molecule has 1 atom stereocenters. The first-order chi connectivity index (χ1) is 16.1. The van der Waals surface area contributed by atoms with Crippen molar-refractivity contribution in [3.63, 3.8) is 0 Å². The fourth-order valence-electron chi connectivity index (χ4n) is 3.27. The van der Waals surface area contributed by atoms with Crippen molar-refractivity contribution in [2.24, 2.45) is 5.41 Å². The lowest BCUT2D eigenvalue weighted by Gasteiger charge is -2.31. The van der Waals surface area contributed by atoms with E-state index in [1.165, 1.54) is 11.8 Å². The number of hydrazine groups is 1. The molecule has 9 heteroatoms. The van der Waals surface area contributed by atoms with Crippen LogP contribution in [0.3, 0.4) is 0 Å². The highest BCUT2D eigenvalue weighted by atomic mass is 32.2. The summed E-state index contributed by atoms with van der Waals surface area (Å²) in [5, 5.41) is 0. The van der Waals surface area contributed by atoms with Gasteiger partial charge in [-0.15, -0.1) is 11.8 Å². The van der Waals surface area contributed by atoms with Gasteiger partial charge in [-0.25, -0.2) is 5.43 Å². The molecule has 0 aliphatic carbocycles. The van der Waals surface area contributed by atoms with Crippen LogP contribution in [0.25, 0.3) is 0 Å². The van der Waals surface area contributed by atoms with Gasteiger partial charge in [0.15, 0.2) is 0 Å². The van der Waals surface area contributed by atoms with Gasteiger partial charge < -0.3 is 14.2 Å². The van der Waals surface area contributed by atoms with Gasteiger partial charge in [-0.3, -0.25) is 19.8 Å². The van der Waals surface area contributed by atoms with Crippen LogP contribution in [0, 0.1) is 5.41 Å². The minimum atomic E-state index is -0.947. The summed E-state index contributed by atoms with van der Waals surface area (Å²) >= 11 is 1.51. The smallest absolute Gasteiger partial charge is 0.315 e. The Bertz CT molecular complexity index is 801. The van der Waals surface area contributed by atoms with E-state index in [0.29, 0.717) is 37.7 Å². The third-order valence-corrected chi connectivity index (χ3v) is 6.55. The first-order valence-electron chi connectivity index (χ1n) is 11.6. The number of thioether (sulfide) groups is 1. The van der Waals surface area contributed by atoms with Crippen molar-refractivity contribution in [3.05, 3.63) is 35.4 Å². The molecule has 0 heterocycles. The van der Waals surface area contributed by atoms with Crippen molar-refractivity contribution < 1.29 is 28.6 Å². The number of amides is 1. The topological polar surface area (TPSA) is 103 Å². The van der Waals surface area contributed by atoms with Gasteiger partial charge in [0, 0.05) is 19.2 Å².